The molecule has 0 aromatic carbocycles. The molecule has 1 aromatic heterocycles. The number of hydrogen-bond donors (Lipinski definition) is 2. The zero-order valence-electron chi connectivity index (χ0n) is 11.7. The Balaban J connectivity index is 2.05. The summed E-state index contributed by atoms with van der Waals surface area (Å²) < 4.78 is 0. The van der Waals surface area contributed by atoms with E-state index in [1.165, 1.54) is 0 Å². The minimum atomic E-state index is -0.805. The van der Waals surface area contributed by atoms with E-state index in [1.54, 1.807) is 25.3 Å². The van der Waals surface area contributed by atoms with Crippen molar-refractivity contribution in [2.24, 2.45) is 5.41 Å². The van der Waals surface area contributed by atoms with Crippen molar-refractivity contribution in [3.05, 3.63) is 29.6 Å². The van der Waals surface area contributed by atoms with Crippen LogP contribution >= 0.6 is 0 Å². The molecular weight excluding hydrogens is 256 g/mol. The van der Waals surface area contributed by atoms with Gasteiger partial charge in [-0.3, -0.25) is 14.6 Å². The summed E-state index contributed by atoms with van der Waals surface area (Å²) in [5.74, 6) is -1.05. The van der Waals surface area contributed by atoms with E-state index in [9.17, 15) is 14.7 Å². The summed E-state index contributed by atoms with van der Waals surface area (Å²) in [5, 5.41) is 12.2. The first-order valence-corrected chi connectivity index (χ1v) is 6.98. The van der Waals surface area contributed by atoms with Gasteiger partial charge in [0.15, 0.2) is 0 Å². The van der Waals surface area contributed by atoms with Gasteiger partial charge in [-0.15, -0.1) is 0 Å². The predicted octanol–water partition coefficient (Wildman–Crippen LogP) is 2.15. The van der Waals surface area contributed by atoms with Crippen molar-refractivity contribution in [3.8, 4) is 0 Å². The number of carbonyl (C=O) groups is 2. The predicted molar refractivity (Wildman–Crippen MR) is 74.5 cm³/mol. The summed E-state index contributed by atoms with van der Waals surface area (Å²) in [6, 6.07) is 3.40. The van der Waals surface area contributed by atoms with E-state index in [0.29, 0.717) is 24.1 Å². The van der Waals surface area contributed by atoms with Crippen molar-refractivity contribution in [1.82, 2.24) is 10.3 Å². The van der Waals surface area contributed by atoms with Crippen LogP contribution in [-0.2, 0) is 4.79 Å². The molecule has 2 rings (SSSR count). The first-order chi connectivity index (χ1) is 9.55. The number of nitrogens with zero attached hydrogens (tertiary/aromatic N) is 1. The largest absolute Gasteiger partial charge is 0.481 e. The third kappa shape index (κ3) is 2.98. The van der Waals surface area contributed by atoms with Crippen molar-refractivity contribution >= 4 is 11.9 Å². The lowest BCUT2D eigenvalue weighted by atomic mass is 9.74. The summed E-state index contributed by atoms with van der Waals surface area (Å²) in [6.07, 6.45) is 5.79. The highest BCUT2D eigenvalue weighted by Crippen LogP contribution is 2.36. The van der Waals surface area contributed by atoms with Gasteiger partial charge in [0.2, 0.25) is 0 Å². The van der Waals surface area contributed by atoms with Gasteiger partial charge in [-0.25, -0.2) is 0 Å². The molecule has 0 aliphatic heterocycles. The SMILES string of the molecule is Cc1ncccc1C(=O)NCC1(C(=O)O)CCCCC1. The molecule has 1 aliphatic rings. The molecule has 0 saturated heterocycles. The Labute approximate surface area is 118 Å². The van der Waals surface area contributed by atoms with E-state index in [-0.39, 0.29) is 12.5 Å². The number of amides is 1. The molecule has 0 atom stereocenters. The molecule has 0 bridgehead atoms. The van der Waals surface area contributed by atoms with Crippen LogP contribution in [0, 0.1) is 12.3 Å². The maximum absolute atomic E-state index is 12.1. The number of aromatic nitrogens is 1. The van der Waals surface area contributed by atoms with E-state index >= 15 is 0 Å². The van der Waals surface area contributed by atoms with Crippen molar-refractivity contribution in [2.45, 2.75) is 39.0 Å². The van der Waals surface area contributed by atoms with Crippen LogP contribution in [0.25, 0.3) is 0 Å². The van der Waals surface area contributed by atoms with Crippen LogP contribution in [0.3, 0.4) is 0 Å². The molecule has 108 valence electrons. The minimum absolute atomic E-state index is 0.190. The lowest BCUT2D eigenvalue weighted by Gasteiger charge is -2.33. The Morgan fingerprint density at radius 1 is 1.35 bits per heavy atom. The molecular formula is C15H20N2O3. The highest BCUT2D eigenvalue weighted by atomic mass is 16.4. The third-order valence-corrected chi connectivity index (χ3v) is 4.10. The van der Waals surface area contributed by atoms with Crippen LogP contribution in [0.5, 0.6) is 0 Å². The molecule has 5 nitrogen and oxygen atoms in total. The van der Waals surface area contributed by atoms with Gasteiger partial charge in [0.25, 0.3) is 5.91 Å². The van der Waals surface area contributed by atoms with Gasteiger partial charge >= 0.3 is 5.97 Å². The Bertz CT molecular complexity index is 508. The number of aliphatic carboxylic acids is 1. The molecule has 0 unspecified atom stereocenters. The number of aryl methyl sites for hydroxylation is 1. The number of rotatable bonds is 4. The number of nitrogens with one attached hydrogen (secondary N) is 1. The molecule has 1 fully saturated rings. The quantitative estimate of drug-likeness (QED) is 0.883. The number of pyridine rings is 1. The molecule has 2 N–H and O–H groups in total. The van der Waals surface area contributed by atoms with Crippen LogP contribution in [0.2, 0.25) is 0 Å². The Morgan fingerprint density at radius 2 is 2.05 bits per heavy atom. The van der Waals surface area contributed by atoms with Gasteiger partial charge in [-0.05, 0) is 31.9 Å². The maximum atomic E-state index is 12.1. The van der Waals surface area contributed by atoms with Gasteiger partial charge < -0.3 is 10.4 Å². The van der Waals surface area contributed by atoms with E-state index in [2.05, 4.69) is 10.3 Å². The van der Waals surface area contributed by atoms with Crippen LogP contribution in [0.15, 0.2) is 18.3 Å². The van der Waals surface area contributed by atoms with E-state index in [4.69, 9.17) is 0 Å². The van der Waals surface area contributed by atoms with Gasteiger partial charge in [0.05, 0.1) is 11.0 Å². The topological polar surface area (TPSA) is 79.3 Å². The molecule has 1 heterocycles. The lowest BCUT2D eigenvalue weighted by Crippen LogP contribution is -2.44. The molecule has 5 heteroatoms. The molecule has 1 saturated carbocycles. The van der Waals surface area contributed by atoms with Gasteiger partial charge in [-0.1, -0.05) is 19.3 Å². The van der Waals surface area contributed by atoms with Gasteiger partial charge in [0.1, 0.15) is 0 Å². The monoisotopic (exact) mass is 276 g/mol. The first-order valence-electron chi connectivity index (χ1n) is 6.98. The second-order valence-corrected chi connectivity index (χ2v) is 5.47. The smallest absolute Gasteiger partial charge is 0.311 e. The second-order valence-electron chi connectivity index (χ2n) is 5.47. The highest BCUT2D eigenvalue weighted by Gasteiger charge is 2.39. The van der Waals surface area contributed by atoms with E-state index in [1.807, 2.05) is 0 Å². The highest BCUT2D eigenvalue weighted by molar-refractivity contribution is 5.95. The molecule has 0 spiro atoms. The van der Waals surface area contributed by atoms with Crippen LogP contribution < -0.4 is 5.32 Å². The Morgan fingerprint density at radius 3 is 2.65 bits per heavy atom. The zero-order valence-corrected chi connectivity index (χ0v) is 11.7. The number of carbonyl (C=O) groups excluding carboxylic acids is 1. The summed E-state index contributed by atoms with van der Waals surface area (Å²) in [5.41, 5.74) is 0.353. The summed E-state index contributed by atoms with van der Waals surface area (Å²) in [4.78, 5) is 27.7. The lowest BCUT2D eigenvalue weighted by molar-refractivity contribution is -0.150. The minimum Gasteiger partial charge on any atom is -0.481 e. The number of carboxylic acids is 1. The Kier molecular flexibility index (Phi) is 4.37. The summed E-state index contributed by atoms with van der Waals surface area (Å²) in [7, 11) is 0. The van der Waals surface area contributed by atoms with Gasteiger partial charge in [-0.2, -0.15) is 0 Å². The van der Waals surface area contributed by atoms with Crippen molar-refractivity contribution in [1.29, 1.82) is 0 Å². The average molecular weight is 276 g/mol. The number of hydrogen-bond acceptors (Lipinski definition) is 3. The molecule has 1 aromatic rings. The third-order valence-electron chi connectivity index (χ3n) is 4.10. The standard InChI is InChI=1S/C15H20N2O3/c1-11-12(6-5-9-16-11)13(18)17-10-15(14(19)20)7-3-2-4-8-15/h5-6,9H,2-4,7-8,10H2,1H3,(H,17,18)(H,19,20). The fourth-order valence-electron chi connectivity index (χ4n) is 2.76. The molecule has 0 radical (unpaired) electrons. The molecule has 20 heavy (non-hydrogen) atoms. The van der Waals surface area contributed by atoms with Crippen LogP contribution in [-0.4, -0.2) is 28.5 Å². The van der Waals surface area contributed by atoms with Crippen molar-refractivity contribution < 1.29 is 14.7 Å². The van der Waals surface area contributed by atoms with Crippen LogP contribution in [0.4, 0.5) is 0 Å². The zero-order chi connectivity index (χ0) is 14.6. The summed E-state index contributed by atoms with van der Waals surface area (Å²) in [6.45, 7) is 1.96. The van der Waals surface area contributed by atoms with Crippen molar-refractivity contribution in [3.63, 3.8) is 0 Å². The van der Waals surface area contributed by atoms with Crippen molar-refractivity contribution in [2.75, 3.05) is 6.54 Å². The fourth-order valence-corrected chi connectivity index (χ4v) is 2.76. The number of carboxylic acid groups (broad SMARTS) is 1. The Hall–Kier alpha value is -1.91. The van der Waals surface area contributed by atoms with Crippen LogP contribution in [0.1, 0.15) is 48.2 Å². The molecule has 1 aliphatic carbocycles. The second kappa shape index (κ2) is 6.03. The average Bonchev–Trinajstić information content (AvgIpc) is 2.46. The molecule has 1 amide bonds. The first kappa shape index (κ1) is 14.5. The van der Waals surface area contributed by atoms with E-state index < -0.39 is 11.4 Å². The maximum Gasteiger partial charge on any atom is 0.311 e. The fraction of sp³-hybridized carbons (Fsp3) is 0.533. The summed E-state index contributed by atoms with van der Waals surface area (Å²) >= 11 is 0. The van der Waals surface area contributed by atoms with E-state index in [0.717, 1.165) is 19.3 Å². The van der Waals surface area contributed by atoms with Gasteiger partial charge in [0, 0.05) is 18.4 Å². The normalized spacial score (nSPS) is 17.4.